The Kier molecular flexibility index (Phi) is 11.0. The molecule has 1 heterocycles. The van der Waals surface area contributed by atoms with Crippen molar-refractivity contribution in [2.75, 3.05) is 33.4 Å². The van der Waals surface area contributed by atoms with Crippen molar-refractivity contribution in [3.63, 3.8) is 0 Å². The molecule has 0 fully saturated rings. The molecule has 6 nitrogen and oxygen atoms in total. The fourth-order valence-corrected chi connectivity index (χ4v) is 5.01. The second kappa shape index (κ2) is 14.2. The van der Waals surface area contributed by atoms with Gasteiger partial charge < -0.3 is 14.2 Å². The minimum absolute atomic E-state index is 0.148. The van der Waals surface area contributed by atoms with Crippen LogP contribution in [-0.2, 0) is 32.2 Å². The third-order valence-corrected chi connectivity index (χ3v) is 6.83. The van der Waals surface area contributed by atoms with Crippen molar-refractivity contribution in [3.8, 4) is 0 Å². The fraction of sp³-hybridized carbons (Fsp3) is 0.407. The molecule has 0 aliphatic rings. The Hall–Kier alpha value is -2.45. The zero-order valence-corrected chi connectivity index (χ0v) is 21.8. The van der Waals surface area contributed by atoms with Gasteiger partial charge in [0.1, 0.15) is 0 Å². The summed E-state index contributed by atoms with van der Waals surface area (Å²) < 4.78 is 16.9. The first-order valence-corrected chi connectivity index (χ1v) is 13.0. The molecule has 0 N–H and O–H groups in total. The maximum Gasteiger partial charge on any atom is 0.337 e. The number of benzene rings is 2. The van der Waals surface area contributed by atoms with Gasteiger partial charge in [-0.2, -0.15) is 0 Å². The Morgan fingerprint density at radius 2 is 1.83 bits per heavy atom. The molecule has 0 atom stereocenters. The summed E-state index contributed by atoms with van der Waals surface area (Å²) in [6.07, 6.45) is 2.10. The van der Waals surface area contributed by atoms with Crippen LogP contribution in [0.15, 0.2) is 48.5 Å². The molecule has 0 amide bonds. The van der Waals surface area contributed by atoms with Crippen LogP contribution in [0.3, 0.4) is 0 Å². The number of ether oxygens (including phenoxy) is 3. The predicted octanol–water partition coefficient (Wildman–Crippen LogP) is 6.09. The van der Waals surface area contributed by atoms with Crippen molar-refractivity contribution in [2.24, 2.45) is 0 Å². The van der Waals surface area contributed by atoms with Crippen LogP contribution in [0.4, 0.5) is 0 Å². The lowest BCUT2D eigenvalue weighted by Crippen LogP contribution is -2.28. The maximum atomic E-state index is 11.7. The molecule has 0 spiro atoms. The molecule has 3 aromatic rings. The van der Waals surface area contributed by atoms with Gasteiger partial charge in [-0.1, -0.05) is 29.8 Å². The monoisotopic (exact) mass is 517 g/mol. The van der Waals surface area contributed by atoms with Crippen LogP contribution in [0.25, 0.3) is 10.1 Å². The average molecular weight is 518 g/mol. The fourth-order valence-electron chi connectivity index (χ4n) is 3.73. The van der Waals surface area contributed by atoms with Crippen LogP contribution in [-0.4, -0.2) is 50.3 Å². The summed E-state index contributed by atoms with van der Waals surface area (Å²) >= 11 is 7.79. The van der Waals surface area contributed by atoms with E-state index in [1.807, 2.05) is 37.3 Å². The molecule has 2 aromatic carbocycles. The highest BCUT2D eigenvalue weighted by Gasteiger charge is 2.10. The molecule has 3 rings (SSSR count). The van der Waals surface area contributed by atoms with Crippen LogP contribution < -0.4 is 0 Å². The summed E-state index contributed by atoms with van der Waals surface area (Å²) in [5.74, 6) is -0.491. The lowest BCUT2D eigenvalue weighted by Gasteiger charge is -2.22. The molecule has 0 aliphatic carbocycles. The number of carbonyl (C=O) groups excluding carboxylic acids is 2. The zero-order chi connectivity index (χ0) is 25.0. The van der Waals surface area contributed by atoms with E-state index >= 15 is 0 Å². The van der Waals surface area contributed by atoms with Crippen molar-refractivity contribution in [1.82, 2.24) is 4.90 Å². The van der Waals surface area contributed by atoms with Crippen LogP contribution >= 0.6 is 22.9 Å². The smallest absolute Gasteiger partial charge is 0.337 e. The van der Waals surface area contributed by atoms with Gasteiger partial charge in [-0.15, -0.1) is 11.3 Å². The first-order valence-electron chi connectivity index (χ1n) is 11.8. The van der Waals surface area contributed by atoms with E-state index in [1.54, 1.807) is 23.5 Å². The zero-order valence-electron chi connectivity index (χ0n) is 20.3. The number of thiophene rings is 1. The first kappa shape index (κ1) is 27.1. The number of hydrogen-bond acceptors (Lipinski definition) is 7. The second-order valence-corrected chi connectivity index (χ2v) is 9.78. The Balaban J connectivity index is 1.51. The molecule has 0 saturated carbocycles. The van der Waals surface area contributed by atoms with Gasteiger partial charge in [0.05, 0.1) is 32.5 Å². The molecule has 35 heavy (non-hydrogen) atoms. The normalized spacial score (nSPS) is 11.2. The molecule has 8 heteroatoms. The van der Waals surface area contributed by atoms with E-state index in [1.165, 1.54) is 17.4 Å². The highest BCUT2D eigenvalue weighted by Crippen LogP contribution is 2.28. The minimum atomic E-state index is -0.343. The lowest BCUT2D eigenvalue weighted by molar-refractivity contribution is -0.143. The van der Waals surface area contributed by atoms with Gasteiger partial charge in [0.2, 0.25) is 0 Å². The third kappa shape index (κ3) is 8.93. The number of nitrogens with zero attached hydrogens (tertiary/aromatic N) is 1. The van der Waals surface area contributed by atoms with Crippen molar-refractivity contribution in [2.45, 2.75) is 39.3 Å². The standard InChI is InChI=1S/C27H32ClNO5S/c1-3-34-26(30)6-4-5-13-29(18-20-7-9-21(10-8-20)27(31)32-2)14-15-33-19-24-16-22-11-12-23(28)17-25(22)35-24/h7-12,16-17H,3-6,13-15,18-19H2,1-2H3. The molecule has 0 aliphatic heterocycles. The van der Waals surface area contributed by atoms with Gasteiger partial charge in [-0.05, 0) is 67.6 Å². The number of halogens is 1. The van der Waals surface area contributed by atoms with E-state index in [2.05, 4.69) is 11.0 Å². The summed E-state index contributed by atoms with van der Waals surface area (Å²) in [5, 5.41) is 1.92. The summed E-state index contributed by atoms with van der Waals surface area (Å²) in [4.78, 5) is 26.8. The van der Waals surface area contributed by atoms with Crippen LogP contribution in [0.2, 0.25) is 5.02 Å². The van der Waals surface area contributed by atoms with Gasteiger partial charge in [-0.3, -0.25) is 9.69 Å². The van der Waals surface area contributed by atoms with E-state index < -0.39 is 0 Å². The number of rotatable bonds is 14. The molecule has 0 unspecified atom stereocenters. The van der Waals surface area contributed by atoms with Gasteiger partial charge >= 0.3 is 11.9 Å². The molecular weight excluding hydrogens is 486 g/mol. The lowest BCUT2D eigenvalue weighted by atomic mass is 10.1. The second-order valence-electron chi connectivity index (χ2n) is 8.17. The Morgan fingerprint density at radius 1 is 1.03 bits per heavy atom. The van der Waals surface area contributed by atoms with Crippen molar-refractivity contribution in [1.29, 1.82) is 0 Å². The van der Waals surface area contributed by atoms with Crippen molar-refractivity contribution >= 4 is 45.0 Å². The summed E-state index contributed by atoms with van der Waals surface area (Å²) in [6.45, 7) is 5.70. The van der Waals surface area contributed by atoms with E-state index in [0.717, 1.165) is 47.8 Å². The summed E-state index contributed by atoms with van der Waals surface area (Å²) in [7, 11) is 1.38. The van der Waals surface area contributed by atoms with E-state index in [0.29, 0.717) is 31.8 Å². The molecule has 0 bridgehead atoms. The number of hydrogen-bond donors (Lipinski definition) is 0. The molecule has 0 radical (unpaired) electrons. The summed E-state index contributed by atoms with van der Waals surface area (Å²) in [5.41, 5.74) is 1.63. The Morgan fingerprint density at radius 3 is 2.57 bits per heavy atom. The quantitative estimate of drug-likeness (QED) is 0.190. The molecule has 188 valence electrons. The number of esters is 2. The van der Waals surface area contributed by atoms with E-state index in [-0.39, 0.29) is 11.9 Å². The topological polar surface area (TPSA) is 65.1 Å². The van der Waals surface area contributed by atoms with Crippen molar-refractivity contribution in [3.05, 3.63) is 69.6 Å². The Bertz CT molecular complexity index is 1100. The number of fused-ring (bicyclic) bond motifs is 1. The van der Waals surface area contributed by atoms with Crippen LogP contribution in [0, 0.1) is 0 Å². The maximum absolute atomic E-state index is 11.7. The largest absolute Gasteiger partial charge is 0.466 e. The SMILES string of the molecule is CCOC(=O)CCCCN(CCOCc1cc2ccc(Cl)cc2s1)Cc1ccc(C(=O)OC)cc1. The average Bonchev–Trinajstić information content (AvgIpc) is 3.26. The summed E-state index contributed by atoms with van der Waals surface area (Å²) in [6, 6.07) is 15.5. The number of unbranched alkanes of at least 4 members (excludes halogenated alkanes) is 1. The Labute approximate surface area is 215 Å². The van der Waals surface area contributed by atoms with Crippen LogP contribution in [0.5, 0.6) is 0 Å². The van der Waals surface area contributed by atoms with E-state index in [9.17, 15) is 9.59 Å². The number of methoxy groups -OCH3 is 1. The minimum Gasteiger partial charge on any atom is -0.466 e. The van der Waals surface area contributed by atoms with Gasteiger partial charge in [-0.25, -0.2) is 4.79 Å². The van der Waals surface area contributed by atoms with E-state index in [4.69, 9.17) is 25.8 Å². The highest BCUT2D eigenvalue weighted by atomic mass is 35.5. The molecule has 1 aromatic heterocycles. The molecular formula is C27H32ClNO5S. The van der Waals surface area contributed by atoms with Gasteiger partial charge in [0.15, 0.2) is 0 Å². The third-order valence-electron chi connectivity index (χ3n) is 5.52. The van der Waals surface area contributed by atoms with Gasteiger partial charge in [0, 0.05) is 34.1 Å². The predicted molar refractivity (Wildman–Crippen MR) is 140 cm³/mol. The highest BCUT2D eigenvalue weighted by molar-refractivity contribution is 7.19. The molecule has 0 saturated heterocycles. The first-order chi connectivity index (χ1) is 17.0. The van der Waals surface area contributed by atoms with Crippen LogP contribution in [0.1, 0.15) is 47.0 Å². The number of carbonyl (C=O) groups is 2. The van der Waals surface area contributed by atoms with Crippen molar-refractivity contribution < 1.29 is 23.8 Å². The van der Waals surface area contributed by atoms with Gasteiger partial charge in [0.25, 0.3) is 0 Å².